The van der Waals surface area contributed by atoms with E-state index in [0.29, 0.717) is 20.1 Å². The van der Waals surface area contributed by atoms with E-state index in [1.165, 1.54) is 11.3 Å². The molecule has 3 N–H and O–H groups in total. The number of ether oxygens (including phenoxy) is 1. The molecule has 0 aliphatic heterocycles. The Morgan fingerprint density at radius 3 is 3.19 bits per heavy atom. The first-order chi connectivity index (χ1) is 7.72. The number of hydrogen-bond acceptors (Lipinski definition) is 7. The van der Waals surface area contributed by atoms with Crippen molar-refractivity contribution in [2.75, 3.05) is 18.9 Å². The molecule has 0 fully saturated rings. The molecule has 2 aromatic rings. The first-order valence-electron chi connectivity index (χ1n) is 4.52. The standard InChI is InChI=1S/C8H10N4O2S2/c9-8-11-6-5(7(15)16-8)10-3-12(6)4-14-2-1-13/h3,13H,1-2,4H2,(H2,9,11). The molecule has 0 spiro atoms. The van der Waals surface area contributed by atoms with Gasteiger partial charge in [0, 0.05) is 0 Å². The summed E-state index contributed by atoms with van der Waals surface area (Å²) in [4.78, 5) is 8.31. The third kappa shape index (κ3) is 2.19. The van der Waals surface area contributed by atoms with Gasteiger partial charge in [-0.3, -0.25) is 4.57 Å². The number of nitrogens with zero attached hydrogens (tertiary/aromatic N) is 3. The zero-order valence-electron chi connectivity index (χ0n) is 8.29. The molecule has 0 aliphatic carbocycles. The van der Waals surface area contributed by atoms with Crippen molar-refractivity contribution >= 4 is 39.9 Å². The molecular formula is C8H10N4O2S2. The van der Waals surface area contributed by atoms with Crippen LogP contribution in [-0.4, -0.2) is 32.9 Å². The Bertz CT molecular complexity index is 550. The average molecular weight is 258 g/mol. The van der Waals surface area contributed by atoms with Crippen LogP contribution in [0.5, 0.6) is 0 Å². The van der Waals surface area contributed by atoms with E-state index in [0.717, 1.165) is 0 Å². The second-order valence-electron chi connectivity index (χ2n) is 2.99. The summed E-state index contributed by atoms with van der Waals surface area (Å²) in [6.45, 7) is 0.523. The van der Waals surface area contributed by atoms with Gasteiger partial charge >= 0.3 is 0 Å². The molecule has 0 bridgehead atoms. The maximum atomic E-state index is 8.60. The van der Waals surface area contributed by atoms with Crippen LogP contribution in [0.25, 0.3) is 11.2 Å². The SMILES string of the molecule is Nc1nc2c(ncn2COCCO)c(=S)s1. The van der Waals surface area contributed by atoms with Crippen LogP contribution in [0.2, 0.25) is 0 Å². The van der Waals surface area contributed by atoms with Gasteiger partial charge in [0.2, 0.25) is 0 Å². The van der Waals surface area contributed by atoms with Gasteiger partial charge < -0.3 is 15.6 Å². The van der Waals surface area contributed by atoms with Crippen molar-refractivity contribution in [3.8, 4) is 0 Å². The zero-order valence-corrected chi connectivity index (χ0v) is 9.92. The minimum absolute atomic E-state index is 0.0173. The molecule has 0 aliphatic rings. The van der Waals surface area contributed by atoms with Crippen LogP contribution >= 0.6 is 23.6 Å². The van der Waals surface area contributed by atoms with Crippen LogP contribution in [0.1, 0.15) is 0 Å². The lowest BCUT2D eigenvalue weighted by Gasteiger charge is -2.03. The number of aliphatic hydroxyl groups excluding tert-OH is 1. The molecule has 2 aromatic heterocycles. The normalized spacial score (nSPS) is 11.1. The summed E-state index contributed by atoms with van der Waals surface area (Å²) in [6, 6.07) is 0. The smallest absolute Gasteiger partial charge is 0.183 e. The van der Waals surface area contributed by atoms with Gasteiger partial charge in [-0.1, -0.05) is 23.6 Å². The lowest BCUT2D eigenvalue weighted by molar-refractivity contribution is 0.0499. The first kappa shape index (κ1) is 11.4. The summed E-state index contributed by atoms with van der Waals surface area (Å²) in [5.41, 5.74) is 6.89. The number of nitrogen functional groups attached to an aromatic ring is 1. The van der Waals surface area contributed by atoms with Crippen LogP contribution in [0.3, 0.4) is 0 Å². The highest BCUT2D eigenvalue weighted by Crippen LogP contribution is 2.19. The number of anilines is 1. The minimum atomic E-state index is -0.0173. The van der Waals surface area contributed by atoms with Gasteiger partial charge in [0.25, 0.3) is 0 Å². The summed E-state index contributed by atoms with van der Waals surface area (Å²) >= 11 is 6.36. The molecule has 6 nitrogen and oxygen atoms in total. The lowest BCUT2D eigenvalue weighted by Crippen LogP contribution is -2.05. The first-order valence-corrected chi connectivity index (χ1v) is 5.75. The van der Waals surface area contributed by atoms with Gasteiger partial charge in [-0.25, -0.2) is 9.97 Å². The van der Waals surface area contributed by atoms with E-state index in [9.17, 15) is 0 Å². The quantitative estimate of drug-likeness (QED) is 0.622. The number of aromatic nitrogens is 3. The molecule has 0 unspecified atom stereocenters. The summed E-state index contributed by atoms with van der Waals surface area (Å²) in [6.07, 6.45) is 1.59. The molecule has 0 radical (unpaired) electrons. The van der Waals surface area contributed by atoms with Crippen LogP contribution in [0.4, 0.5) is 5.13 Å². The predicted molar refractivity (Wildman–Crippen MR) is 63.7 cm³/mol. The van der Waals surface area contributed by atoms with E-state index in [1.807, 2.05) is 0 Å². The predicted octanol–water partition coefficient (Wildman–Crippen LogP) is 0.771. The fourth-order valence-electron chi connectivity index (χ4n) is 1.23. The second-order valence-corrected chi connectivity index (χ2v) is 4.68. The largest absolute Gasteiger partial charge is 0.394 e. The molecule has 86 valence electrons. The van der Waals surface area contributed by atoms with Crippen molar-refractivity contribution in [3.63, 3.8) is 0 Å². The summed E-state index contributed by atoms with van der Waals surface area (Å²) in [5, 5.41) is 9.00. The summed E-state index contributed by atoms with van der Waals surface area (Å²) in [5.74, 6) is 0. The zero-order chi connectivity index (χ0) is 11.5. The fraction of sp³-hybridized carbons (Fsp3) is 0.375. The molecule has 0 aromatic carbocycles. The Kier molecular flexibility index (Phi) is 3.44. The van der Waals surface area contributed by atoms with E-state index >= 15 is 0 Å². The summed E-state index contributed by atoms with van der Waals surface area (Å²) < 4.78 is 7.49. The minimum Gasteiger partial charge on any atom is -0.394 e. The average Bonchev–Trinajstić information content (AvgIpc) is 2.62. The fourth-order valence-corrected chi connectivity index (χ4v) is 2.19. The second kappa shape index (κ2) is 4.83. The van der Waals surface area contributed by atoms with Crippen LogP contribution in [0, 0.1) is 3.82 Å². The van der Waals surface area contributed by atoms with Gasteiger partial charge in [0.1, 0.15) is 16.1 Å². The molecular weight excluding hydrogens is 248 g/mol. The number of aliphatic hydroxyl groups is 1. The number of fused-ring (bicyclic) bond motifs is 1. The molecule has 2 heterocycles. The third-order valence-electron chi connectivity index (χ3n) is 1.88. The molecule has 16 heavy (non-hydrogen) atoms. The molecule has 0 atom stereocenters. The number of hydrogen-bond donors (Lipinski definition) is 2. The highest BCUT2D eigenvalue weighted by atomic mass is 32.1. The molecule has 0 amide bonds. The van der Waals surface area contributed by atoms with E-state index in [4.69, 9.17) is 27.8 Å². The van der Waals surface area contributed by atoms with E-state index in [1.54, 1.807) is 10.9 Å². The van der Waals surface area contributed by atoms with Crippen LogP contribution in [-0.2, 0) is 11.5 Å². The molecule has 2 rings (SSSR count). The van der Waals surface area contributed by atoms with Gasteiger partial charge in [-0.15, -0.1) is 0 Å². The number of imidazole rings is 1. The van der Waals surface area contributed by atoms with Crippen molar-refractivity contribution in [1.82, 2.24) is 14.5 Å². The Morgan fingerprint density at radius 1 is 1.62 bits per heavy atom. The van der Waals surface area contributed by atoms with Crippen molar-refractivity contribution in [1.29, 1.82) is 0 Å². The Morgan fingerprint density at radius 2 is 2.44 bits per heavy atom. The van der Waals surface area contributed by atoms with Crippen LogP contribution in [0.15, 0.2) is 6.33 Å². The van der Waals surface area contributed by atoms with Crippen LogP contribution < -0.4 is 5.73 Å². The Balaban J connectivity index is 2.36. The number of rotatable bonds is 4. The van der Waals surface area contributed by atoms with Gasteiger partial charge in [0.05, 0.1) is 19.5 Å². The maximum Gasteiger partial charge on any atom is 0.183 e. The van der Waals surface area contributed by atoms with E-state index in [-0.39, 0.29) is 19.9 Å². The van der Waals surface area contributed by atoms with Crippen molar-refractivity contribution in [2.24, 2.45) is 0 Å². The van der Waals surface area contributed by atoms with Gasteiger partial charge in [-0.2, -0.15) is 0 Å². The van der Waals surface area contributed by atoms with Crippen molar-refractivity contribution in [3.05, 3.63) is 10.2 Å². The third-order valence-corrected chi connectivity index (χ3v) is 3.01. The lowest BCUT2D eigenvalue weighted by atomic mass is 10.6. The van der Waals surface area contributed by atoms with Gasteiger partial charge in [0.15, 0.2) is 10.8 Å². The van der Waals surface area contributed by atoms with Gasteiger partial charge in [-0.05, 0) is 0 Å². The molecule has 0 saturated heterocycles. The summed E-state index contributed by atoms with van der Waals surface area (Å²) in [7, 11) is 0. The monoisotopic (exact) mass is 258 g/mol. The Labute approximate surface area is 100 Å². The Hall–Kier alpha value is -1.09. The topological polar surface area (TPSA) is 86.2 Å². The highest BCUT2D eigenvalue weighted by molar-refractivity contribution is 7.74. The van der Waals surface area contributed by atoms with Crippen molar-refractivity contribution < 1.29 is 9.84 Å². The highest BCUT2D eigenvalue weighted by Gasteiger charge is 2.07. The molecule has 0 saturated carbocycles. The van der Waals surface area contributed by atoms with E-state index in [2.05, 4.69) is 9.97 Å². The van der Waals surface area contributed by atoms with Crippen molar-refractivity contribution in [2.45, 2.75) is 6.73 Å². The number of nitrogens with two attached hydrogens (primary N) is 1. The molecule has 8 heteroatoms. The maximum absolute atomic E-state index is 8.60. The van der Waals surface area contributed by atoms with E-state index < -0.39 is 0 Å².